The second-order valence-corrected chi connectivity index (χ2v) is 4.27. The molecule has 0 heterocycles. The smallest absolute Gasteiger partial charge is 0.00708 e. The average molecular weight is 153 g/mol. The fourth-order valence-electron chi connectivity index (χ4n) is 2.22. The average Bonchev–Trinajstić information content (AvgIpc) is 2.67. The zero-order chi connectivity index (χ0) is 7.68. The first-order chi connectivity index (χ1) is 5.36. The lowest BCUT2D eigenvalue weighted by Gasteiger charge is -2.19. The number of nitrogens with one attached hydrogen (secondary N) is 1. The van der Waals surface area contributed by atoms with Gasteiger partial charge in [-0.3, -0.25) is 0 Å². The first-order valence-corrected chi connectivity index (χ1v) is 5.12. The lowest BCUT2D eigenvalue weighted by Crippen LogP contribution is -2.33. The maximum atomic E-state index is 3.70. The summed E-state index contributed by atoms with van der Waals surface area (Å²) in [7, 11) is 0. The Morgan fingerprint density at radius 2 is 1.73 bits per heavy atom. The first kappa shape index (κ1) is 7.60. The van der Waals surface area contributed by atoms with Gasteiger partial charge in [0.25, 0.3) is 0 Å². The summed E-state index contributed by atoms with van der Waals surface area (Å²) in [6.45, 7) is 2.37. The topological polar surface area (TPSA) is 12.0 Å². The molecule has 1 unspecified atom stereocenters. The van der Waals surface area contributed by atoms with Gasteiger partial charge in [0.1, 0.15) is 0 Å². The van der Waals surface area contributed by atoms with Crippen molar-refractivity contribution < 1.29 is 0 Å². The summed E-state index contributed by atoms with van der Waals surface area (Å²) in [5.41, 5.74) is 0. The number of rotatable bonds is 3. The van der Waals surface area contributed by atoms with Crippen LogP contribution >= 0.6 is 0 Å². The molecule has 2 aliphatic carbocycles. The minimum absolute atomic E-state index is 0.796. The highest BCUT2D eigenvalue weighted by molar-refractivity contribution is 4.87. The van der Waals surface area contributed by atoms with Crippen molar-refractivity contribution in [3.05, 3.63) is 0 Å². The number of hydrogen-bond donors (Lipinski definition) is 1. The van der Waals surface area contributed by atoms with E-state index in [2.05, 4.69) is 12.2 Å². The van der Waals surface area contributed by atoms with Gasteiger partial charge in [0.05, 0.1) is 0 Å². The lowest BCUT2D eigenvalue weighted by atomic mass is 10.00. The van der Waals surface area contributed by atoms with Crippen molar-refractivity contribution in [3.63, 3.8) is 0 Å². The third-order valence-corrected chi connectivity index (χ3v) is 3.18. The van der Waals surface area contributed by atoms with E-state index in [1.54, 1.807) is 0 Å². The molecule has 11 heavy (non-hydrogen) atoms. The van der Waals surface area contributed by atoms with Crippen molar-refractivity contribution in [3.8, 4) is 0 Å². The Hall–Kier alpha value is -0.0400. The highest BCUT2D eigenvalue weighted by atomic mass is 15.0. The standard InChI is InChI=1S/C10H19N/c1-8(11-10-6-7-10)9-4-2-3-5-9/h8-11H,2-7H2,1H3. The second-order valence-electron chi connectivity index (χ2n) is 4.27. The summed E-state index contributed by atoms with van der Waals surface area (Å²) >= 11 is 0. The summed E-state index contributed by atoms with van der Waals surface area (Å²) in [4.78, 5) is 0. The quantitative estimate of drug-likeness (QED) is 0.656. The maximum Gasteiger partial charge on any atom is 0.00708 e. The van der Waals surface area contributed by atoms with Crippen molar-refractivity contribution >= 4 is 0 Å². The predicted octanol–water partition coefficient (Wildman–Crippen LogP) is 2.32. The van der Waals surface area contributed by atoms with Crippen molar-refractivity contribution in [1.29, 1.82) is 0 Å². The Balaban J connectivity index is 1.73. The van der Waals surface area contributed by atoms with Crippen LogP contribution in [0.15, 0.2) is 0 Å². The van der Waals surface area contributed by atoms with E-state index in [1.165, 1.54) is 38.5 Å². The van der Waals surface area contributed by atoms with E-state index in [4.69, 9.17) is 0 Å². The van der Waals surface area contributed by atoms with Gasteiger partial charge >= 0.3 is 0 Å². The zero-order valence-corrected chi connectivity index (χ0v) is 7.47. The molecule has 0 spiro atoms. The normalized spacial score (nSPS) is 29.2. The summed E-state index contributed by atoms with van der Waals surface area (Å²) in [5, 5.41) is 3.70. The maximum absolute atomic E-state index is 3.70. The monoisotopic (exact) mass is 153 g/mol. The molecule has 1 atom stereocenters. The van der Waals surface area contributed by atoms with Gasteiger partial charge in [0.15, 0.2) is 0 Å². The van der Waals surface area contributed by atoms with Crippen LogP contribution in [0.25, 0.3) is 0 Å². The highest BCUT2D eigenvalue weighted by Gasteiger charge is 2.27. The molecule has 1 nitrogen and oxygen atoms in total. The van der Waals surface area contributed by atoms with Crippen molar-refractivity contribution in [2.75, 3.05) is 0 Å². The van der Waals surface area contributed by atoms with Gasteiger partial charge in [0, 0.05) is 12.1 Å². The summed E-state index contributed by atoms with van der Waals surface area (Å²) in [6.07, 6.45) is 8.75. The van der Waals surface area contributed by atoms with Gasteiger partial charge < -0.3 is 5.32 Å². The molecule has 0 aromatic carbocycles. The summed E-state index contributed by atoms with van der Waals surface area (Å²) < 4.78 is 0. The molecule has 0 aromatic heterocycles. The molecule has 0 bridgehead atoms. The molecule has 2 fully saturated rings. The van der Waals surface area contributed by atoms with E-state index < -0.39 is 0 Å². The van der Waals surface area contributed by atoms with Crippen LogP contribution < -0.4 is 5.32 Å². The van der Waals surface area contributed by atoms with Crippen LogP contribution in [0.3, 0.4) is 0 Å². The minimum atomic E-state index is 0.796. The van der Waals surface area contributed by atoms with Gasteiger partial charge in [-0.15, -0.1) is 0 Å². The fourth-order valence-corrected chi connectivity index (χ4v) is 2.22. The molecule has 0 amide bonds. The van der Waals surface area contributed by atoms with E-state index in [0.717, 1.165) is 18.0 Å². The summed E-state index contributed by atoms with van der Waals surface area (Å²) in [6, 6.07) is 1.69. The van der Waals surface area contributed by atoms with Crippen LogP contribution in [-0.4, -0.2) is 12.1 Å². The molecular weight excluding hydrogens is 134 g/mol. The molecule has 1 N–H and O–H groups in total. The molecule has 2 rings (SSSR count). The number of hydrogen-bond acceptors (Lipinski definition) is 1. The van der Waals surface area contributed by atoms with Crippen LogP contribution in [0.2, 0.25) is 0 Å². The SMILES string of the molecule is CC(NC1CC1)C1CCCC1. The molecule has 1 heteroatoms. The van der Waals surface area contributed by atoms with Crippen molar-refractivity contribution in [1.82, 2.24) is 5.32 Å². The highest BCUT2D eigenvalue weighted by Crippen LogP contribution is 2.29. The Morgan fingerprint density at radius 1 is 1.09 bits per heavy atom. The second kappa shape index (κ2) is 3.14. The van der Waals surface area contributed by atoms with Crippen LogP contribution in [0.4, 0.5) is 0 Å². The van der Waals surface area contributed by atoms with Gasteiger partial charge in [-0.2, -0.15) is 0 Å². The molecule has 0 aromatic rings. The molecule has 0 aliphatic heterocycles. The third kappa shape index (κ3) is 1.96. The van der Waals surface area contributed by atoms with Gasteiger partial charge in [0.2, 0.25) is 0 Å². The minimum Gasteiger partial charge on any atom is -0.311 e. The largest absolute Gasteiger partial charge is 0.311 e. The Morgan fingerprint density at radius 3 is 2.27 bits per heavy atom. The summed E-state index contributed by atoms with van der Waals surface area (Å²) in [5.74, 6) is 0.996. The zero-order valence-electron chi connectivity index (χ0n) is 7.47. The Bertz CT molecular complexity index is 123. The molecular formula is C10H19N. The van der Waals surface area contributed by atoms with Crippen LogP contribution in [0, 0.1) is 5.92 Å². The molecule has 2 saturated carbocycles. The molecule has 64 valence electrons. The van der Waals surface area contributed by atoms with Crippen molar-refractivity contribution in [2.24, 2.45) is 5.92 Å². The van der Waals surface area contributed by atoms with Crippen LogP contribution in [0.5, 0.6) is 0 Å². The molecule has 2 aliphatic rings. The Kier molecular flexibility index (Phi) is 2.17. The van der Waals surface area contributed by atoms with Gasteiger partial charge in [-0.25, -0.2) is 0 Å². The van der Waals surface area contributed by atoms with E-state index in [1.807, 2.05) is 0 Å². The van der Waals surface area contributed by atoms with Crippen LogP contribution in [-0.2, 0) is 0 Å². The van der Waals surface area contributed by atoms with E-state index in [0.29, 0.717) is 0 Å². The van der Waals surface area contributed by atoms with E-state index in [9.17, 15) is 0 Å². The van der Waals surface area contributed by atoms with E-state index in [-0.39, 0.29) is 0 Å². The predicted molar refractivity (Wildman–Crippen MR) is 47.6 cm³/mol. The van der Waals surface area contributed by atoms with E-state index >= 15 is 0 Å². The van der Waals surface area contributed by atoms with Gasteiger partial charge in [-0.05, 0) is 38.5 Å². The molecule has 0 saturated heterocycles. The first-order valence-electron chi connectivity index (χ1n) is 5.12. The lowest BCUT2D eigenvalue weighted by molar-refractivity contribution is 0.379. The van der Waals surface area contributed by atoms with Gasteiger partial charge in [-0.1, -0.05) is 12.8 Å². The Labute approximate surface area is 69.6 Å². The molecule has 0 radical (unpaired) electrons. The third-order valence-electron chi connectivity index (χ3n) is 3.18. The van der Waals surface area contributed by atoms with Crippen molar-refractivity contribution in [2.45, 2.75) is 57.5 Å². The fraction of sp³-hybridized carbons (Fsp3) is 1.00. The van der Waals surface area contributed by atoms with Crippen LogP contribution in [0.1, 0.15) is 45.4 Å².